The van der Waals surface area contributed by atoms with Gasteiger partial charge in [-0.1, -0.05) is 6.07 Å². The number of nitrogens with one attached hydrogen (secondary N) is 1. The molecule has 1 aliphatic heterocycles. The average molecular weight is 379 g/mol. The SMILES string of the molecule is Cn1nc(CCNC(=O)c2ccccn2)c2c1CCN(C(=O)c1ccoc1)C2. The molecular weight excluding hydrogens is 358 g/mol. The van der Waals surface area contributed by atoms with Crippen LogP contribution in [0.2, 0.25) is 0 Å². The molecular formula is C20H21N5O3. The van der Waals surface area contributed by atoms with Crippen LogP contribution in [0.4, 0.5) is 0 Å². The van der Waals surface area contributed by atoms with Gasteiger partial charge in [-0.05, 0) is 18.2 Å². The highest BCUT2D eigenvalue weighted by Gasteiger charge is 2.27. The Balaban J connectivity index is 1.42. The van der Waals surface area contributed by atoms with E-state index in [0.717, 1.165) is 23.4 Å². The lowest BCUT2D eigenvalue weighted by Gasteiger charge is -2.27. The number of carbonyl (C=O) groups excluding carboxylic acids is 2. The van der Waals surface area contributed by atoms with Crippen molar-refractivity contribution in [2.24, 2.45) is 7.05 Å². The van der Waals surface area contributed by atoms with Gasteiger partial charge < -0.3 is 14.6 Å². The van der Waals surface area contributed by atoms with Crippen LogP contribution in [-0.2, 0) is 26.4 Å². The summed E-state index contributed by atoms with van der Waals surface area (Å²) in [6, 6.07) is 6.91. The maximum absolute atomic E-state index is 12.6. The van der Waals surface area contributed by atoms with Crippen molar-refractivity contribution in [3.8, 4) is 0 Å². The molecule has 28 heavy (non-hydrogen) atoms. The summed E-state index contributed by atoms with van der Waals surface area (Å²) in [6.07, 6.45) is 5.91. The van der Waals surface area contributed by atoms with Gasteiger partial charge in [0, 0.05) is 57.0 Å². The Labute approximate surface area is 162 Å². The molecule has 3 aromatic rings. The highest BCUT2D eigenvalue weighted by Crippen LogP contribution is 2.24. The lowest BCUT2D eigenvalue weighted by Crippen LogP contribution is -2.36. The van der Waals surface area contributed by atoms with E-state index in [1.165, 1.54) is 12.5 Å². The van der Waals surface area contributed by atoms with Crippen LogP contribution in [0.5, 0.6) is 0 Å². The number of fused-ring (bicyclic) bond motifs is 1. The minimum Gasteiger partial charge on any atom is -0.472 e. The largest absolute Gasteiger partial charge is 0.472 e. The van der Waals surface area contributed by atoms with Crippen LogP contribution in [0.25, 0.3) is 0 Å². The molecule has 1 N–H and O–H groups in total. The molecule has 0 aliphatic carbocycles. The molecule has 0 fully saturated rings. The molecule has 0 spiro atoms. The number of carbonyl (C=O) groups is 2. The summed E-state index contributed by atoms with van der Waals surface area (Å²) < 4.78 is 6.91. The van der Waals surface area contributed by atoms with E-state index < -0.39 is 0 Å². The van der Waals surface area contributed by atoms with Crippen molar-refractivity contribution in [2.45, 2.75) is 19.4 Å². The fourth-order valence-electron chi connectivity index (χ4n) is 3.49. The molecule has 8 nitrogen and oxygen atoms in total. The first-order chi connectivity index (χ1) is 13.6. The van der Waals surface area contributed by atoms with Crippen molar-refractivity contribution < 1.29 is 14.0 Å². The minimum absolute atomic E-state index is 0.0438. The monoisotopic (exact) mass is 379 g/mol. The molecule has 3 aromatic heterocycles. The quantitative estimate of drug-likeness (QED) is 0.726. The van der Waals surface area contributed by atoms with Crippen molar-refractivity contribution >= 4 is 11.8 Å². The highest BCUT2D eigenvalue weighted by atomic mass is 16.3. The topological polar surface area (TPSA) is 93.3 Å². The van der Waals surface area contributed by atoms with Crippen LogP contribution >= 0.6 is 0 Å². The zero-order valence-corrected chi connectivity index (χ0v) is 15.6. The number of hydrogen-bond donors (Lipinski definition) is 1. The van der Waals surface area contributed by atoms with Crippen molar-refractivity contribution in [3.05, 3.63) is 71.2 Å². The van der Waals surface area contributed by atoms with Crippen LogP contribution in [0, 0.1) is 0 Å². The fourth-order valence-corrected chi connectivity index (χ4v) is 3.49. The molecule has 0 radical (unpaired) electrons. The Bertz CT molecular complexity index is 979. The third kappa shape index (κ3) is 3.53. The van der Waals surface area contributed by atoms with Crippen LogP contribution < -0.4 is 5.32 Å². The Hall–Kier alpha value is -3.42. The molecule has 0 saturated heterocycles. The molecule has 4 rings (SSSR count). The van der Waals surface area contributed by atoms with Crippen molar-refractivity contribution in [2.75, 3.05) is 13.1 Å². The number of amides is 2. The van der Waals surface area contributed by atoms with Gasteiger partial charge in [-0.25, -0.2) is 0 Å². The van der Waals surface area contributed by atoms with Crippen molar-refractivity contribution in [3.63, 3.8) is 0 Å². The molecule has 0 aromatic carbocycles. The van der Waals surface area contributed by atoms with E-state index in [-0.39, 0.29) is 11.8 Å². The molecule has 144 valence electrons. The van der Waals surface area contributed by atoms with E-state index in [2.05, 4.69) is 15.4 Å². The number of furan rings is 1. The van der Waals surface area contributed by atoms with Crippen LogP contribution in [0.1, 0.15) is 37.8 Å². The van der Waals surface area contributed by atoms with Crippen LogP contribution in [0.15, 0.2) is 47.4 Å². The second kappa shape index (κ2) is 7.67. The summed E-state index contributed by atoms with van der Waals surface area (Å²) in [5.41, 5.74) is 4.06. The number of rotatable bonds is 5. The molecule has 0 atom stereocenters. The molecule has 2 amide bonds. The molecule has 0 saturated carbocycles. The lowest BCUT2D eigenvalue weighted by molar-refractivity contribution is 0.0732. The number of pyridine rings is 1. The summed E-state index contributed by atoms with van der Waals surface area (Å²) in [5.74, 6) is -0.250. The normalized spacial score (nSPS) is 13.2. The zero-order chi connectivity index (χ0) is 19.5. The van der Waals surface area contributed by atoms with Gasteiger partial charge in [0.05, 0.1) is 17.5 Å². The average Bonchev–Trinajstić information content (AvgIpc) is 3.37. The molecule has 0 unspecified atom stereocenters. The summed E-state index contributed by atoms with van der Waals surface area (Å²) in [5, 5.41) is 7.49. The first-order valence-corrected chi connectivity index (χ1v) is 9.18. The van der Waals surface area contributed by atoms with Crippen LogP contribution in [0.3, 0.4) is 0 Å². The van der Waals surface area contributed by atoms with E-state index >= 15 is 0 Å². The van der Waals surface area contributed by atoms with Gasteiger partial charge in [-0.15, -0.1) is 0 Å². The van der Waals surface area contributed by atoms with E-state index in [0.29, 0.717) is 37.3 Å². The fraction of sp³-hybridized carbons (Fsp3) is 0.300. The maximum atomic E-state index is 12.6. The predicted octanol–water partition coefficient (Wildman–Crippen LogP) is 1.58. The highest BCUT2D eigenvalue weighted by molar-refractivity contribution is 5.94. The summed E-state index contributed by atoms with van der Waals surface area (Å²) in [7, 11) is 1.92. The number of hydrogen-bond acceptors (Lipinski definition) is 5. The third-order valence-corrected chi connectivity index (χ3v) is 4.93. The van der Waals surface area contributed by atoms with Gasteiger partial charge in [-0.2, -0.15) is 5.10 Å². The Morgan fingerprint density at radius 2 is 2.18 bits per heavy atom. The van der Waals surface area contributed by atoms with E-state index in [1.807, 2.05) is 16.6 Å². The molecule has 1 aliphatic rings. The van der Waals surface area contributed by atoms with E-state index in [1.54, 1.807) is 30.5 Å². The minimum atomic E-state index is -0.206. The smallest absolute Gasteiger partial charge is 0.269 e. The Morgan fingerprint density at radius 1 is 1.29 bits per heavy atom. The second-order valence-corrected chi connectivity index (χ2v) is 6.71. The van der Waals surface area contributed by atoms with Crippen LogP contribution in [-0.4, -0.2) is 44.6 Å². The van der Waals surface area contributed by atoms with Gasteiger partial charge in [-0.3, -0.25) is 19.3 Å². The third-order valence-electron chi connectivity index (χ3n) is 4.93. The van der Waals surface area contributed by atoms with Gasteiger partial charge in [0.25, 0.3) is 11.8 Å². The van der Waals surface area contributed by atoms with Gasteiger partial charge in [0.2, 0.25) is 0 Å². The van der Waals surface area contributed by atoms with Gasteiger partial charge >= 0.3 is 0 Å². The summed E-state index contributed by atoms with van der Waals surface area (Å²) in [6.45, 7) is 1.61. The number of nitrogens with zero attached hydrogens (tertiary/aromatic N) is 4. The second-order valence-electron chi connectivity index (χ2n) is 6.71. The summed E-state index contributed by atoms with van der Waals surface area (Å²) >= 11 is 0. The van der Waals surface area contributed by atoms with Crippen molar-refractivity contribution in [1.29, 1.82) is 0 Å². The predicted molar refractivity (Wildman–Crippen MR) is 101 cm³/mol. The first-order valence-electron chi connectivity index (χ1n) is 9.18. The summed E-state index contributed by atoms with van der Waals surface area (Å²) in [4.78, 5) is 30.6. The van der Waals surface area contributed by atoms with E-state index in [9.17, 15) is 9.59 Å². The van der Waals surface area contributed by atoms with Gasteiger partial charge in [0.1, 0.15) is 12.0 Å². The number of aryl methyl sites for hydroxylation is 1. The standard InChI is InChI=1S/C20H21N5O3/c1-24-18-6-10-25(20(27)14-7-11-28-13-14)12-15(18)16(23-24)5-9-22-19(26)17-4-2-3-8-21-17/h2-4,7-8,11,13H,5-6,9-10,12H2,1H3,(H,22,26). The first kappa shape index (κ1) is 18.0. The zero-order valence-electron chi connectivity index (χ0n) is 15.6. The molecule has 4 heterocycles. The Morgan fingerprint density at radius 3 is 2.93 bits per heavy atom. The lowest BCUT2D eigenvalue weighted by atomic mass is 10.0. The van der Waals surface area contributed by atoms with E-state index in [4.69, 9.17) is 4.42 Å². The number of aromatic nitrogens is 3. The van der Waals surface area contributed by atoms with Gasteiger partial charge in [0.15, 0.2) is 0 Å². The van der Waals surface area contributed by atoms with Crippen molar-refractivity contribution in [1.82, 2.24) is 25.0 Å². The maximum Gasteiger partial charge on any atom is 0.269 e. The molecule has 8 heteroatoms. The molecule has 0 bridgehead atoms. The Kier molecular flexibility index (Phi) is 4.92.